The molecule has 1 aromatic rings. The van der Waals surface area contributed by atoms with Crippen molar-refractivity contribution < 1.29 is 9.50 Å². The summed E-state index contributed by atoms with van der Waals surface area (Å²) in [5.74, 6) is -0.159. The molecule has 1 aromatic carbocycles. The van der Waals surface area contributed by atoms with E-state index in [2.05, 4.69) is 9.80 Å². The number of aliphatic hydroxyl groups is 1. The highest BCUT2D eigenvalue weighted by Crippen LogP contribution is 2.14. The minimum Gasteiger partial charge on any atom is -0.392 e. The lowest BCUT2D eigenvalue weighted by Gasteiger charge is -2.35. The molecule has 1 aliphatic rings. The van der Waals surface area contributed by atoms with Gasteiger partial charge in [-0.05, 0) is 37.1 Å². The van der Waals surface area contributed by atoms with Crippen molar-refractivity contribution in [3.05, 3.63) is 35.1 Å². The normalized spacial score (nSPS) is 19.6. The van der Waals surface area contributed by atoms with Gasteiger partial charge in [-0.25, -0.2) is 4.39 Å². The monoisotopic (exact) mass is 266 g/mol. The van der Waals surface area contributed by atoms with Gasteiger partial charge in [-0.1, -0.05) is 6.07 Å². The van der Waals surface area contributed by atoms with Crippen LogP contribution in [0.15, 0.2) is 18.2 Å². The molecular weight excluding hydrogens is 243 g/mol. The molecule has 1 atom stereocenters. The molecule has 4 heteroatoms. The summed E-state index contributed by atoms with van der Waals surface area (Å²) in [6, 6.07) is 4.99. The first-order chi connectivity index (χ1) is 9.04. The third-order valence-corrected chi connectivity index (χ3v) is 3.69. The predicted octanol–water partition coefficient (Wildman–Crippen LogP) is 1.63. The molecule has 3 nitrogen and oxygen atoms in total. The second-order valence-electron chi connectivity index (χ2n) is 5.50. The van der Waals surface area contributed by atoms with Crippen LogP contribution in [0.2, 0.25) is 0 Å². The SMILES string of the molecule is Cc1ccc(F)cc1CN1CCN(C[C@@H](C)O)CC1. The summed E-state index contributed by atoms with van der Waals surface area (Å²) in [7, 11) is 0. The van der Waals surface area contributed by atoms with E-state index in [-0.39, 0.29) is 11.9 Å². The zero-order valence-corrected chi connectivity index (χ0v) is 11.8. The molecule has 0 radical (unpaired) electrons. The lowest BCUT2D eigenvalue weighted by Crippen LogP contribution is -2.47. The molecule has 0 bridgehead atoms. The van der Waals surface area contributed by atoms with Gasteiger partial charge >= 0.3 is 0 Å². The molecule has 0 spiro atoms. The average molecular weight is 266 g/mol. The summed E-state index contributed by atoms with van der Waals surface area (Å²) in [4.78, 5) is 4.62. The number of β-amino-alcohol motifs (C(OH)–C–C–N with tert-alkyl or cyclic N) is 1. The Kier molecular flexibility index (Phi) is 4.91. The largest absolute Gasteiger partial charge is 0.392 e. The number of aliphatic hydroxyl groups excluding tert-OH is 1. The topological polar surface area (TPSA) is 26.7 Å². The molecular formula is C15H23FN2O. The van der Waals surface area contributed by atoms with Gasteiger partial charge in [-0.15, -0.1) is 0 Å². The second-order valence-corrected chi connectivity index (χ2v) is 5.50. The maximum absolute atomic E-state index is 13.3. The molecule has 19 heavy (non-hydrogen) atoms. The molecule has 0 aliphatic carbocycles. The number of halogens is 1. The van der Waals surface area contributed by atoms with Gasteiger partial charge < -0.3 is 5.11 Å². The van der Waals surface area contributed by atoms with Crippen molar-refractivity contribution in [3.8, 4) is 0 Å². The summed E-state index contributed by atoms with van der Waals surface area (Å²) in [5, 5.41) is 9.38. The van der Waals surface area contributed by atoms with Crippen LogP contribution in [0.4, 0.5) is 4.39 Å². The quantitative estimate of drug-likeness (QED) is 0.897. The maximum Gasteiger partial charge on any atom is 0.123 e. The lowest BCUT2D eigenvalue weighted by molar-refractivity contribution is 0.0780. The fourth-order valence-corrected chi connectivity index (χ4v) is 2.55. The van der Waals surface area contributed by atoms with Crippen LogP contribution < -0.4 is 0 Å². The Morgan fingerprint density at radius 3 is 2.47 bits per heavy atom. The first kappa shape index (κ1) is 14.4. The van der Waals surface area contributed by atoms with Crippen molar-refractivity contribution in [3.63, 3.8) is 0 Å². The molecule has 1 N–H and O–H groups in total. The average Bonchev–Trinajstić information content (AvgIpc) is 2.35. The molecule has 0 amide bonds. The van der Waals surface area contributed by atoms with E-state index < -0.39 is 0 Å². The fourth-order valence-electron chi connectivity index (χ4n) is 2.55. The molecule has 0 saturated carbocycles. The molecule has 1 saturated heterocycles. The van der Waals surface area contributed by atoms with Crippen LogP contribution in [0.25, 0.3) is 0 Å². The first-order valence-corrected chi connectivity index (χ1v) is 6.92. The minimum atomic E-state index is -0.267. The van der Waals surface area contributed by atoms with Crippen molar-refractivity contribution in [2.75, 3.05) is 32.7 Å². The van der Waals surface area contributed by atoms with E-state index in [9.17, 15) is 9.50 Å². The molecule has 106 valence electrons. The van der Waals surface area contributed by atoms with Gasteiger partial charge in [0, 0.05) is 39.3 Å². The maximum atomic E-state index is 13.3. The highest BCUT2D eigenvalue weighted by Gasteiger charge is 2.18. The molecule has 0 unspecified atom stereocenters. The second kappa shape index (κ2) is 6.46. The van der Waals surface area contributed by atoms with E-state index >= 15 is 0 Å². The third kappa shape index (κ3) is 4.27. The van der Waals surface area contributed by atoms with Gasteiger partial charge in [0.25, 0.3) is 0 Å². The summed E-state index contributed by atoms with van der Waals surface area (Å²) in [5.41, 5.74) is 2.22. The summed E-state index contributed by atoms with van der Waals surface area (Å²) >= 11 is 0. The summed E-state index contributed by atoms with van der Waals surface area (Å²) in [6.45, 7) is 9.30. The van der Waals surface area contributed by atoms with Crippen LogP contribution in [-0.4, -0.2) is 53.7 Å². The summed E-state index contributed by atoms with van der Waals surface area (Å²) in [6.07, 6.45) is -0.267. The predicted molar refractivity (Wildman–Crippen MR) is 74.5 cm³/mol. The number of rotatable bonds is 4. The van der Waals surface area contributed by atoms with E-state index in [1.807, 2.05) is 19.9 Å². The van der Waals surface area contributed by atoms with E-state index in [1.54, 1.807) is 6.07 Å². The van der Waals surface area contributed by atoms with Crippen molar-refractivity contribution in [2.45, 2.75) is 26.5 Å². The number of piperazine rings is 1. The van der Waals surface area contributed by atoms with Crippen LogP contribution >= 0.6 is 0 Å². The Balaban J connectivity index is 1.87. The Bertz CT molecular complexity index is 415. The van der Waals surface area contributed by atoms with Crippen molar-refractivity contribution in [2.24, 2.45) is 0 Å². The standard InChI is InChI=1S/C15H23FN2O/c1-12-3-4-15(16)9-14(12)11-18-7-5-17(6-8-18)10-13(2)19/h3-4,9,13,19H,5-8,10-11H2,1-2H3/t13-/m1/s1. The Labute approximate surface area is 114 Å². The van der Waals surface area contributed by atoms with Crippen molar-refractivity contribution in [1.29, 1.82) is 0 Å². The van der Waals surface area contributed by atoms with Crippen LogP contribution in [0.1, 0.15) is 18.1 Å². The van der Waals surface area contributed by atoms with Gasteiger partial charge in [-0.2, -0.15) is 0 Å². The number of hydrogen-bond acceptors (Lipinski definition) is 3. The third-order valence-electron chi connectivity index (χ3n) is 3.69. The molecule has 1 fully saturated rings. The van der Waals surface area contributed by atoms with Gasteiger partial charge in [0.1, 0.15) is 5.82 Å². The van der Waals surface area contributed by atoms with Crippen LogP contribution in [0.3, 0.4) is 0 Å². The smallest absolute Gasteiger partial charge is 0.123 e. The number of nitrogens with zero attached hydrogens (tertiary/aromatic N) is 2. The van der Waals surface area contributed by atoms with Crippen LogP contribution in [0.5, 0.6) is 0 Å². The molecule has 1 aliphatic heterocycles. The van der Waals surface area contributed by atoms with E-state index in [1.165, 1.54) is 6.07 Å². The zero-order chi connectivity index (χ0) is 13.8. The van der Waals surface area contributed by atoms with Gasteiger partial charge in [0.15, 0.2) is 0 Å². The lowest BCUT2D eigenvalue weighted by atomic mass is 10.1. The van der Waals surface area contributed by atoms with Crippen molar-refractivity contribution in [1.82, 2.24) is 9.80 Å². The van der Waals surface area contributed by atoms with Gasteiger partial charge in [-0.3, -0.25) is 9.80 Å². The van der Waals surface area contributed by atoms with Crippen molar-refractivity contribution >= 4 is 0 Å². The van der Waals surface area contributed by atoms with Gasteiger partial charge in [0.05, 0.1) is 6.10 Å². The molecule has 1 heterocycles. The summed E-state index contributed by atoms with van der Waals surface area (Å²) < 4.78 is 13.3. The highest BCUT2D eigenvalue weighted by molar-refractivity contribution is 5.26. The number of hydrogen-bond donors (Lipinski definition) is 1. The van der Waals surface area contributed by atoms with E-state index in [0.717, 1.165) is 50.4 Å². The molecule has 2 rings (SSSR count). The van der Waals surface area contributed by atoms with Crippen LogP contribution in [-0.2, 0) is 6.54 Å². The molecule has 0 aromatic heterocycles. The fraction of sp³-hybridized carbons (Fsp3) is 0.600. The highest BCUT2D eigenvalue weighted by atomic mass is 19.1. The van der Waals surface area contributed by atoms with E-state index in [0.29, 0.717) is 0 Å². The minimum absolute atomic E-state index is 0.159. The first-order valence-electron chi connectivity index (χ1n) is 6.92. The Hall–Kier alpha value is -0.970. The van der Waals surface area contributed by atoms with Gasteiger partial charge in [0.2, 0.25) is 0 Å². The Morgan fingerprint density at radius 1 is 1.21 bits per heavy atom. The zero-order valence-electron chi connectivity index (χ0n) is 11.8. The van der Waals surface area contributed by atoms with E-state index in [4.69, 9.17) is 0 Å². The number of benzene rings is 1. The Morgan fingerprint density at radius 2 is 1.84 bits per heavy atom. The number of aryl methyl sites for hydroxylation is 1. The van der Waals surface area contributed by atoms with Crippen LogP contribution in [0, 0.1) is 12.7 Å².